The molecular formula is C38H38N2O4S2. The van der Waals surface area contributed by atoms with Gasteiger partial charge in [0, 0.05) is 0 Å². The van der Waals surface area contributed by atoms with Crippen molar-refractivity contribution in [3.63, 3.8) is 0 Å². The summed E-state index contributed by atoms with van der Waals surface area (Å²) in [6, 6.07) is 25.6. The monoisotopic (exact) mass is 650 g/mol. The van der Waals surface area contributed by atoms with Gasteiger partial charge in [-0.1, -0.05) is 71.8 Å². The van der Waals surface area contributed by atoms with Gasteiger partial charge in [0.15, 0.2) is 0 Å². The molecule has 0 radical (unpaired) electrons. The van der Waals surface area contributed by atoms with E-state index >= 15 is 0 Å². The van der Waals surface area contributed by atoms with Crippen molar-refractivity contribution in [2.24, 2.45) is 0 Å². The molecule has 5 rings (SSSR count). The Bertz CT molecular complexity index is 1880. The molecule has 0 N–H and O–H groups in total. The van der Waals surface area contributed by atoms with Crippen LogP contribution in [0.15, 0.2) is 94.7 Å². The van der Waals surface area contributed by atoms with Crippen LogP contribution in [0.25, 0.3) is 9.69 Å². The van der Waals surface area contributed by atoms with Crippen molar-refractivity contribution in [1.82, 2.24) is 0 Å². The Morgan fingerprint density at radius 2 is 1.00 bits per heavy atom. The van der Waals surface area contributed by atoms with E-state index in [1.54, 1.807) is 48.5 Å². The molecule has 46 heavy (non-hydrogen) atoms. The topological polar surface area (TPSA) is 77.0 Å². The Morgan fingerprint density at radius 1 is 0.587 bits per heavy atom. The van der Waals surface area contributed by atoms with E-state index in [1.165, 1.54) is 11.1 Å². The summed E-state index contributed by atoms with van der Waals surface area (Å²) in [5.74, 6) is 0. The van der Waals surface area contributed by atoms with Crippen molar-refractivity contribution in [1.29, 1.82) is 0 Å². The van der Waals surface area contributed by atoms with Gasteiger partial charge in [-0.3, -0.25) is 9.69 Å². The highest BCUT2D eigenvalue weighted by molar-refractivity contribution is 7.92. The average molecular weight is 651 g/mol. The quantitative estimate of drug-likeness (QED) is 0.185. The lowest BCUT2D eigenvalue weighted by molar-refractivity contribution is 0.586. The maximum absolute atomic E-state index is 13.7. The zero-order chi connectivity index (χ0) is 32.9. The van der Waals surface area contributed by atoms with Gasteiger partial charge in [-0.05, 0) is 110 Å². The summed E-state index contributed by atoms with van der Waals surface area (Å²) in [5, 5.41) is -2.67. The maximum Gasteiger partial charge on any atom is 0.329 e. The molecule has 0 fully saturated rings. The standard InChI is InChI=1S/C38H38N2O4S2/c1-27-14-18-35(19-15-27)45(41,42)37(39-3)25-33-24-34(26-38(40-4)46(43,44)36-20-16-28(2)17-21-36)32-13-7-11-30-9-5-8-29(22-30)10-6-12-31(33)23-32/h5,8-9,14-24,37-38H,6-7,10-13,25-26H2,1-2H3. The lowest BCUT2D eigenvalue weighted by Crippen LogP contribution is -2.23. The molecule has 2 atom stereocenters. The SMILES string of the molecule is [C-]#[N+]C(Cc1cc(CC([N+]#[C-])S(=O)(=O)c2ccc(C)cc2)c2cc1CCCc1cccc(c1)CCC2)S(=O)(=O)c1ccc(C)cc1. The molecule has 0 saturated heterocycles. The first-order valence-electron chi connectivity index (χ1n) is 15.6. The number of hydrogen-bond acceptors (Lipinski definition) is 4. The number of hydrogen-bond donors (Lipinski definition) is 0. The fourth-order valence-electron chi connectivity index (χ4n) is 6.14. The van der Waals surface area contributed by atoms with Gasteiger partial charge in [-0.15, -0.1) is 0 Å². The highest BCUT2D eigenvalue weighted by Gasteiger charge is 2.36. The van der Waals surface area contributed by atoms with E-state index < -0.39 is 30.4 Å². The van der Waals surface area contributed by atoms with E-state index in [0.717, 1.165) is 59.1 Å². The van der Waals surface area contributed by atoms with E-state index in [2.05, 4.69) is 40.0 Å². The molecule has 0 heterocycles. The third-order valence-corrected chi connectivity index (χ3v) is 12.7. The molecule has 4 aromatic rings. The first-order valence-corrected chi connectivity index (χ1v) is 18.7. The largest absolute Gasteiger partial charge is 0.329 e. The Morgan fingerprint density at radius 3 is 1.39 bits per heavy atom. The van der Waals surface area contributed by atoms with Crippen molar-refractivity contribution in [2.75, 3.05) is 0 Å². The Hall–Kier alpha value is -4.24. The fraction of sp³-hybridized carbons (Fsp3) is 0.316. The normalized spacial score (nSPS) is 15.0. The molecule has 1 aliphatic carbocycles. The lowest BCUT2D eigenvalue weighted by Gasteiger charge is -2.19. The summed E-state index contributed by atoms with van der Waals surface area (Å²) in [6.07, 6.45) is 4.76. The molecule has 1 aliphatic rings. The molecule has 0 saturated carbocycles. The summed E-state index contributed by atoms with van der Waals surface area (Å²) in [6.45, 7) is 19.6. The second-order valence-corrected chi connectivity index (χ2v) is 16.4. The third kappa shape index (κ3) is 7.41. The van der Waals surface area contributed by atoms with Crippen molar-refractivity contribution in [2.45, 2.75) is 85.8 Å². The van der Waals surface area contributed by atoms with Gasteiger partial charge in [-0.2, -0.15) is 0 Å². The maximum atomic E-state index is 13.7. The summed E-state index contributed by atoms with van der Waals surface area (Å²) in [4.78, 5) is 7.42. The molecule has 0 aromatic heterocycles. The number of nitrogens with zero attached hydrogens (tertiary/aromatic N) is 2. The predicted molar refractivity (Wildman–Crippen MR) is 182 cm³/mol. The van der Waals surface area contributed by atoms with Crippen molar-refractivity contribution < 1.29 is 16.8 Å². The molecule has 2 unspecified atom stereocenters. The van der Waals surface area contributed by atoms with Gasteiger partial charge < -0.3 is 0 Å². The number of benzene rings is 4. The summed E-state index contributed by atoms with van der Waals surface area (Å²) in [5.41, 5.74) is 7.77. The van der Waals surface area contributed by atoms with E-state index in [4.69, 9.17) is 13.1 Å². The van der Waals surface area contributed by atoms with Crippen LogP contribution in [-0.4, -0.2) is 27.6 Å². The number of rotatable bonds is 8. The zero-order valence-corrected chi connectivity index (χ0v) is 27.9. The molecule has 236 valence electrons. The molecule has 6 nitrogen and oxygen atoms in total. The van der Waals surface area contributed by atoms with Crippen molar-refractivity contribution in [3.05, 3.63) is 152 Å². The molecule has 0 spiro atoms. The summed E-state index contributed by atoms with van der Waals surface area (Å²) in [7, 11) is -7.92. The second-order valence-electron chi connectivity index (χ2n) is 12.2. The van der Waals surface area contributed by atoms with Crippen LogP contribution in [0.5, 0.6) is 0 Å². The van der Waals surface area contributed by atoms with Crippen LogP contribution in [0.2, 0.25) is 0 Å². The van der Waals surface area contributed by atoms with Crippen LogP contribution in [0.4, 0.5) is 0 Å². The van der Waals surface area contributed by atoms with E-state index in [0.29, 0.717) is 12.8 Å². The van der Waals surface area contributed by atoms with Gasteiger partial charge in [-0.25, -0.2) is 30.0 Å². The lowest BCUT2D eigenvalue weighted by atomic mass is 9.88. The first-order chi connectivity index (χ1) is 22.0. The van der Waals surface area contributed by atoms with Gasteiger partial charge in [0.25, 0.3) is 19.7 Å². The van der Waals surface area contributed by atoms with Crippen LogP contribution in [0.1, 0.15) is 57.3 Å². The molecule has 4 bridgehead atoms. The zero-order valence-electron chi connectivity index (χ0n) is 26.2. The molecule has 8 heteroatoms. The minimum Gasteiger partial charge on any atom is -0.296 e. The summed E-state index contributed by atoms with van der Waals surface area (Å²) >= 11 is 0. The highest BCUT2D eigenvalue weighted by atomic mass is 32.2. The third-order valence-electron chi connectivity index (χ3n) is 8.83. The smallest absolute Gasteiger partial charge is 0.296 e. The summed E-state index contributed by atoms with van der Waals surface area (Å²) < 4.78 is 54.6. The van der Waals surface area contributed by atoms with Crippen molar-refractivity contribution in [3.8, 4) is 0 Å². The van der Waals surface area contributed by atoms with Gasteiger partial charge in [0.2, 0.25) is 0 Å². The molecule has 4 aromatic carbocycles. The number of aryl methyl sites for hydroxylation is 6. The predicted octanol–water partition coefficient (Wildman–Crippen LogP) is 7.49. The molecular weight excluding hydrogens is 613 g/mol. The number of fused-ring (bicyclic) bond motifs is 4. The first kappa shape index (κ1) is 33.1. The molecule has 0 aliphatic heterocycles. The minimum atomic E-state index is -3.96. The Kier molecular flexibility index (Phi) is 10.1. The van der Waals surface area contributed by atoms with Crippen LogP contribution < -0.4 is 0 Å². The van der Waals surface area contributed by atoms with Crippen LogP contribution >= 0.6 is 0 Å². The number of sulfone groups is 2. The van der Waals surface area contributed by atoms with E-state index in [1.807, 2.05) is 19.9 Å². The molecule has 0 amide bonds. The van der Waals surface area contributed by atoms with Gasteiger partial charge >= 0.3 is 10.7 Å². The van der Waals surface area contributed by atoms with Crippen LogP contribution in [0, 0.1) is 27.0 Å². The fourth-order valence-corrected chi connectivity index (χ4v) is 8.87. The van der Waals surface area contributed by atoms with E-state index in [-0.39, 0.29) is 22.6 Å². The highest BCUT2D eigenvalue weighted by Crippen LogP contribution is 2.30. The van der Waals surface area contributed by atoms with Gasteiger partial charge in [0.1, 0.15) is 0 Å². The average Bonchev–Trinajstić information content (AvgIpc) is 3.03. The second kappa shape index (κ2) is 14.0. The van der Waals surface area contributed by atoms with E-state index in [9.17, 15) is 16.8 Å². The van der Waals surface area contributed by atoms with Gasteiger partial charge in [0.05, 0.1) is 22.6 Å². The minimum absolute atomic E-state index is 0.0226. The van der Waals surface area contributed by atoms with Crippen LogP contribution in [-0.2, 0) is 58.2 Å². The Labute approximate surface area is 273 Å². The Balaban J connectivity index is 1.56. The van der Waals surface area contributed by atoms with Crippen LogP contribution in [0.3, 0.4) is 0 Å². The van der Waals surface area contributed by atoms with Crippen molar-refractivity contribution >= 4 is 19.7 Å².